The number of aromatic amines is 1. The molecule has 0 aliphatic rings. The molecule has 0 atom stereocenters. The Morgan fingerprint density at radius 1 is 1.12 bits per heavy atom. The highest BCUT2D eigenvalue weighted by Gasteiger charge is 2.04. The van der Waals surface area contributed by atoms with Crippen LogP contribution in [0.4, 0.5) is 10.3 Å². The molecule has 3 rings (SSSR count). The van der Waals surface area contributed by atoms with Gasteiger partial charge in [0.15, 0.2) is 0 Å². The van der Waals surface area contributed by atoms with Gasteiger partial charge in [-0.1, -0.05) is 0 Å². The summed E-state index contributed by atoms with van der Waals surface area (Å²) in [5.41, 5.74) is 7.95. The lowest BCUT2D eigenvalue weighted by Gasteiger charge is -1.96. The Bertz CT molecular complexity index is 673. The van der Waals surface area contributed by atoms with Crippen LogP contribution >= 0.6 is 0 Å². The number of aromatic nitrogens is 3. The second-order valence-electron chi connectivity index (χ2n) is 3.74. The molecule has 0 aliphatic carbocycles. The van der Waals surface area contributed by atoms with Crippen molar-refractivity contribution in [1.82, 2.24) is 15.0 Å². The van der Waals surface area contributed by atoms with Crippen LogP contribution in [0.5, 0.6) is 0 Å². The number of nitrogens with zero attached hydrogens (tertiary/aromatic N) is 2. The van der Waals surface area contributed by atoms with Crippen molar-refractivity contribution in [3.63, 3.8) is 0 Å². The van der Waals surface area contributed by atoms with Crippen molar-refractivity contribution in [2.75, 3.05) is 5.73 Å². The number of hydrogen-bond donors (Lipinski definition) is 2. The smallest absolute Gasteiger partial charge is 0.219 e. The van der Waals surface area contributed by atoms with E-state index in [9.17, 15) is 4.39 Å². The molecule has 0 saturated heterocycles. The van der Waals surface area contributed by atoms with Crippen LogP contribution in [-0.4, -0.2) is 15.0 Å². The number of hydrogen-bond acceptors (Lipinski definition) is 3. The molecule has 3 aromatic rings. The number of nitrogens with two attached hydrogens (primary N) is 1. The molecule has 4 nitrogen and oxygen atoms in total. The van der Waals surface area contributed by atoms with Crippen molar-refractivity contribution < 1.29 is 4.39 Å². The van der Waals surface area contributed by atoms with E-state index in [0.29, 0.717) is 0 Å². The average molecular weight is 228 g/mol. The standard InChI is InChI=1S/C12H9FN4/c13-9-1-2-10-7(3-9)4-11(17-10)8-5-15-12(14)16-6-8/h1-6,17H,(H2,14,15,16). The molecule has 1 aromatic carbocycles. The molecule has 2 aromatic heterocycles. The third kappa shape index (κ3) is 1.71. The summed E-state index contributed by atoms with van der Waals surface area (Å²) in [6.45, 7) is 0. The third-order valence-corrected chi connectivity index (χ3v) is 2.57. The molecule has 0 unspecified atom stereocenters. The maximum atomic E-state index is 13.0. The summed E-state index contributed by atoms with van der Waals surface area (Å²) in [5, 5.41) is 0.817. The first-order chi connectivity index (χ1) is 8.22. The van der Waals surface area contributed by atoms with Gasteiger partial charge in [-0.15, -0.1) is 0 Å². The van der Waals surface area contributed by atoms with Crippen LogP contribution < -0.4 is 5.73 Å². The number of nitrogen functional groups attached to an aromatic ring is 1. The summed E-state index contributed by atoms with van der Waals surface area (Å²) in [6, 6.07) is 6.45. The Labute approximate surface area is 96.3 Å². The predicted molar refractivity (Wildman–Crippen MR) is 63.7 cm³/mol. The van der Waals surface area contributed by atoms with E-state index >= 15 is 0 Å². The van der Waals surface area contributed by atoms with Crippen LogP contribution in [-0.2, 0) is 0 Å². The van der Waals surface area contributed by atoms with Crippen LogP contribution in [0.2, 0.25) is 0 Å². The van der Waals surface area contributed by atoms with E-state index in [1.807, 2.05) is 6.07 Å². The Morgan fingerprint density at radius 3 is 2.65 bits per heavy atom. The summed E-state index contributed by atoms with van der Waals surface area (Å²) in [6.07, 6.45) is 3.26. The fourth-order valence-corrected chi connectivity index (χ4v) is 1.74. The van der Waals surface area contributed by atoms with E-state index < -0.39 is 0 Å². The van der Waals surface area contributed by atoms with Gasteiger partial charge in [0.05, 0.1) is 0 Å². The first-order valence-electron chi connectivity index (χ1n) is 5.08. The van der Waals surface area contributed by atoms with Crippen LogP contribution in [0.1, 0.15) is 0 Å². The van der Waals surface area contributed by atoms with Gasteiger partial charge in [-0.25, -0.2) is 14.4 Å². The minimum atomic E-state index is -0.253. The molecular formula is C12H9FN4. The fraction of sp³-hybridized carbons (Fsp3) is 0. The van der Waals surface area contributed by atoms with Crippen LogP contribution in [0.3, 0.4) is 0 Å². The van der Waals surface area contributed by atoms with Crippen molar-refractivity contribution >= 4 is 16.9 Å². The van der Waals surface area contributed by atoms with Gasteiger partial charge >= 0.3 is 0 Å². The first kappa shape index (κ1) is 9.77. The quantitative estimate of drug-likeness (QED) is 0.671. The first-order valence-corrected chi connectivity index (χ1v) is 5.08. The minimum Gasteiger partial charge on any atom is -0.368 e. The topological polar surface area (TPSA) is 67.6 Å². The van der Waals surface area contributed by atoms with Crippen LogP contribution in [0.15, 0.2) is 36.7 Å². The lowest BCUT2D eigenvalue weighted by molar-refractivity contribution is 0.630. The summed E-state index contributed by atoms with van der Waals surface area (Å²) < 4.78 is 13.0. The molecule has 0 fully saturated rings. The van der Waals surface area contributed by atoms with E-state index in [2.05, 4.69) is 15.0 Å². The summed E-state index contributed by atoms with van der Waals surface area (Å²) in [5.74, 6) is -0.0208. The molecular weight excluding hydrogens is 219 g/mol. The van der Waals surface area contributed by atoms with Crippen LogP contribution in [0.25, 0.3) is 22.2 Å². The van der Waals surface area contributed by atoms with Gasteiger partial charge in [-0.3, -0.25) is 0 Å². The second-order valence-corrected chi connectivity index (χ2v) is 3.74. The highest BCUT2D eigenvalue weighted by atomic mass is 19.1. The van der Waals surface area contributed by atoms with Crippen molar-refractivity contribution in [2.24, 2.45) is 0 Å². The molecule has 0 spiro atoms. The molecule has 2 heterocycles. The Morgan fingerprint density at radius 2 is 1.88 bits per heavy atom. The summed E-state index contributed by atoms with van der Waals surface area (Å²) in [7, 11) is 0. The number of anilines is 1. The molecule has 0 saturated carbocycles. The lowest BCUT2D eigenvalue weighted by atomic mass is 10.2. The molecule has 0 amide bonds. The fourth-order valence-electron chi connectivity index (χ4n) is 1.74. The van der Waals surface area contributed by atoms with Gasteiger partial charge in [-0.05, 0) is 24.3 Å². The maximum absolute atomic E-state index is 13.0. The van der Waals surface area contributed by atoms with Gasteiger partial charge in [0.2, 0.25) is 5.95 Å². The molecule has 3 N–H and O–H groups in total. The van der Waals surface area contributed by atoms with Crippen molar-refractivity contribution in [1.29, 1.82) is 0 Å². The van der Waals surface area contributed by atoms with E-state index in [1.54, 1.807) is 18.5 Å². The molecule has 0 bridgehead atoms. The zero-order valence-electron chi connectivity index (χ0n) is 8.81. The summed E-state index contributed by atoms with van der Waals surface area (Å²) >= 11 is 0. The number of H-pyrrole nitrogens is 1. The van der Waals surface area contributed by atoms with Crippen LogP contribution in [0, 0.1) is 5.82 Å². The Balaban J connectivity index is 2.14. The van der Waals surface area contributed by atoms with E-state index in [1.165, 1.54) is 12.1 Å². The molecule has 17 heavy (non-hydrogen) atoms. The second kappa shape index (κ2) is 3.55. The van der Waals surface area contributed by atoms with E-state index in [-0.39, 0.29) is 11.8 Å². The number of nitrogens with one attached hydrogen (secondary N) is 1. The number of benzene rings is 1. The zero-order chi connectivity index (χ0) is 11.8. The largest absolute Gasteiger partial charge is 0.368 e. The molecule has 84 valence electrons. The van der Waals surface area contributed by atoms with Gasteiger partial charge in [-0.2, -0.15) is 0 Å². The van der Waals surface area contributed by atoms with Crippen molar-refractivity contribution in [3.8, 4) is 11.3 Å². The van der Waals surface area contributed by atoms with Crippen molar-refractivity contribution in [2.45, 2.75) is 0 Å². The highest BCUT2D eigenvalue weighted by Crippen LogP contribution is 2.23. The number of halogens is 1. The number of rotatable bonds is 1. The van der Waals surface area contributed by atoms with E-state index in [0.717, 1.165) is 22.2 Å². The minimum absolute atomic E-state index is 0.232. The maximum Gasteiger partial charge on any atom is 0.219 e. The van der Waals surface area contributed by atoms with Gasteiger partial charge in [0, 0.05) is 34.6 Å². The lowest BCUT2D eigenvalue weighted by Crippen LogP contribution is -1.93. The molecule has 5 heteroatoms. The SMILES string of the molecule is Nc1ncc(-c2cc3cc(F)ccc3[nH]2)cn1. The van der Waals surface area contributed by atoms with Gasteiger partial charge in [0.1, 0.15) is 5.82 Å². The molecule has 0 radical (unpaired) electrons. The predicted octanol–water partition coefficient (Wildman–Crippen LogP) is 2.35. The molecule has 0 aliphatic heterocycles. The average Bonchev–Trinajstić information content (AvgIpc) is 2.72. The monoisotopic (exact) mass is 228 g/mol. The Hall–Kier alpha value is -2.43. The van der Waals surface area contributed by atoms with E-state index in [4.69, 9.17) is 5.73 Å². The zero-order valence-corrected chi connectivity index (χ0v) is 8.81. The number of fused-ring (bicyclic) bond motifs is 1. The highest BCUT2D eigenvalue weighted by molar-refractivity contribution is 5.85. The third-order valence-electron chi connectivity index (χ3n) is 2.57. The normalized spacial score (nSPS) is 10.9. The summed E-state index contributed by atoms with van der Waals surface area (Å²) in [4.78, 5) is 11.0. The van der Waals surface area contributed by atoms with Gasteiger partial charge in [0.25, 0.3) is 0 Å². The van der Waals surface area contributed by atoms with Gasteiger partial charge < -0.3 is 10.7 Å². The Kier molecular flexibility index (Phi) is 2.04. The van der Waals surface area contributed by atoms with Crippen molar-refractivity contribution in [3.05, 3.63) is 42.5 Å².